The van der Waals surface area contributed by atoms with Gasteiger partial charge in [0.25, 0.3) is 0 Å². The maximum Gasteiger partial charge on any atom is 0.229 e. The van der Waals surface area contributed by atoms with Crippen molar-refractivity contribution < 1.29 is 9.59 Å². The third-order valence-electron chi connectivity index (χ3n) is 3.61. The third kappa shape index (κ3) is 5.29. The monoisotopic (exact) mass is 372 g/mol. The minimum absolute atomic E-state index is 0.0348. The van der Waals surface area contributed by atoms with Gasteiger partial charge in [-0.2, -0.15) is 0 Å². The number of amides is 1. The van der Waals surface area contributed by atoms with Gasteiger partial charge in [-0.3, -0.25) is 9.59 Å². The van der Waals surface area contributed by atoms with Crippen molar-refractivity contribution in [3.8, 4) is 0 Å². The number of benzene rings is 1. The van der Waals surface area contributed by atoms with Crippen LogP contribution in [0.3, 0.4) is 0 Å². The van der Waals surface area contributed by atoms with Crippen LogP contribution < -0.4 is 11.1 Å². The predicted octanol–water partition coefficient (Wildman–Crippen LogP) is 3.72. The van der Waals surface area contributed by atoms with Gasteiger partial charge in [-0.15, -0.1) is 0 Å². The number of Topliss-reactive ketones (excluding diaryl/α,β-unsaturated/α-hetero) is 1. The highest BCUT2D eigenvalue weighted by molar-refractivity contribution is 8.00. The second-order valence-corrected chi connectivity index (χ2v) is 8.43. The molecule has 1 atom stereocenters. The molecule has 0 fully saturated rings. The van der Waals surface area contributed by atoms with Crippen LogP contribution in [0.5, 0.6) is 0 Å². The van der Waals surface area contributed by atoms with Gasteiger partial charge in [0, 0.05) is 28.4 Å². The van der Waals surface area contributed by atoms with Gasteiger partial charge >= 0.3 is 0 Å². The molecule has 1 aromatic carbocycles. The number of anilines is 2. The quantitative estimate of drug-likeness (QED) is 0.472. The fraction of sp³-hybridized carbons (Fsp3) is 0.368. The number of thioether (sulfide) groups is 1. The zero-order valence-electron chi connectivity index (χ0n) is 15.7. The smallest absolute Gasteiger partial charge is 0.229 e. The standard InChI is InChI=1S/C19H24N4O2S/c1-11-10-15(20)23-18(21-11)26-12(2)16(24)13-6-8-14(9-7-13)22-17(25)19(3,4)5/h6-10,12H,1-5H3,(H,22,25)(H2,20,21,23)/t12-/m0/s1. The van der Waals surface area contributed by atoms with Gasteiger partial charge < -0.3 is 11.1 Å². The van der Waals surface area contributed by atoms with Crippen molar-refractivity contribution in [3.63, 3.8) is 0 Å². The molecule has 1 heterocycles. The van der Waals surface area contributed by atoms with Gasteiger partial charge in [0.2, 0.25) is 5.91 Å². The Balaban J connectivity index is 2.05. The summed E-state index contributed by atoms with van der Waals surface area (Å²) >= 11 is 1.27. The zero-order chi connectivity index (χ0) is 19.5. The van der Waals surface area contributed by atoms with E-state index in [4.69, 9.17) is 5.73 Å². The Morgan fingerprint density at radius 1 is 1.15 bits per heavy atom. The number of nitrogens with zero attached hydrogens (tertiary/aromatic N) is 2. The molecule has 0 saturated carbocycles. The molecular weight excluding hydrogens is 348 g/mol. The first kappa shape index (κ1) is 19.9. The van der Waals surface area contributed by atoms with Crippen molar-refractivity contribution >= 4 is 35.0 Å². The van der Waals surface area contributed by atoms with Gasteiger partial charge in [-0.05, 0) is 38.1 Å². The van der Waals surface area contributed by atoms with Crippen LogP contribution in [0, 0.1) is 12.3 Å². The lowest BCUT2D eigenvalue weighted by molar-refractivity contribution is -0.123. The van der Waals surface area contributed by atoms with Crippen LogP contribution in [0.25, 0.3) is 0 Å². The van der Waals surface area contributed by atoms with E-state index < -0.39 is 5.41 Å². The topological polar surface area (TPSA) is 98.0 Å². The number of nitrogen functional groups attached to an aromatic ring is 1. The van der Waals surface area contributed by atoms with Crippen LogP contribution in [-0.2, 0) is 4.79 Å². The number of aryl methyl sites for hydroxylation is 1. The van der Waals surface area contributed by atoms with Crippen LogP contribution >= 0.6 is 11.8 Å². The molecule has 6 nitrogen and oxygen atoms in total. The molecule has 2 rings (SSSR count). The summed E-state index contributed by atoms with van der Waals surface area (Å²) in [7, 11) is 0. The van der Waals surface area contributed by atoms with E-state index in [2.05, 4.69) is 15.3 Å². The molecule has 0 aliphatic rings. The number of hydrogen-bond donors (Lipinski definition) is 2. The lowest BCUT2D eigenvalue weighted by atomic mass is 9.95. The summed E-state index contributed by atoms with van der Waals surface area (Å²) in [6, 6.07) is 8.57. The number of hydrogen-bond acceptors (Lipinski definition) is 6. The number of carbonyl (C=O) groups excluding carboxylic acids is 2. The molecule has 1 amide bonds. The fourth-order valence-corrected chi connectivity index (χ4v) is 3.01. The Morgan fingerprint density at radius 3 is 2.31 bits per heavy atom. The van der Waals surface area contributed by atoms with E-state index in [-0.39, 0.29) is 16.9 Å². The third-order valence-corrected chi connectivity index (χ3v) is 4.57. The minimum atomic E-state index is -0.477. The average molecular weight is 372 g/mol. The Bertz CT molecular complexity index is 793. The summed E-state index contributed by atoms with van der Waals surface area (Å²) in [5, 5.41) is 2.97. The Morgan fingerprint density at radius 2 is 1.77 bits per heavy atom. The molecule has 3 N–H and O–H groups in total. The van der Waals surface area contributed by atoms with Crippen LogP contribution in [-0.4, -0.2) is 26.9 Å². The van der Waals surface area contributed by atoms with Gasteiger partial charge in [0.05, 0.1) is 5.25 Å². The molecule has 7 heteroatoms. The van der Waals surface area contributed by atoms with E-state index in [0.29, 0.717) is 22.2 Å². The van der Waals surface area contributed by atoms with Crippen molar-refractivity contribution in [3.05, 3.63) is 41.6 Å². The maximum absolute atomic E-state index is 12.6. The largest absolute Gasteiger partial charge is 0.384 e. The van der Waals surface area contributed by atoms with E-state index in [1.165, 1.54) is 11.8 Å². The van der Waals surface area contributed by atoms with Crippen LogP contribution in [0.1, 0.15) is 43.7 Å². The number of aromatic nitrogens is 2. The van der Waals surface area contributed by atoms with Crippen LogP contribution in [0.15, 0.2) is 35.5 Å². The Labute approximate surface area is 158 Å². The second kappa shape index (κ2) is 7.86. The highest BCUT2D eigenvalue weighted by Gasteiger charge is 2.22. The molecule has 0 aliphatic carbocycles. The molecule has 0 radical (unpaired) electrons. The lowest BCUT2D eigenvalue weighted by Gasteiger charge is -2.17. The van der Waals surface area contributed by atoms with E-state index in [0.717, 1.165) is 5.69 Å². The van der Waals surface area contributed by atoms with E-state index in [1.807, 2.05) is 34.6 Å². The van der Waals surface area contributed by atoms with Gasteiger partial charge in [0.15, 0.2) is 10.9 Å². The molecule has 0 unspecified atom stereocenters. The number of nitrogens with two attached hydrogens (primary N) is 1. The molecule has 2 aromatic rings. The molecule has 1 aromatic heterocycles. The van der Waals surface area contributed by atoms with Crippen molar-refractivity contribution in [2.75, 3.05) is 11.1 Å². The summed E-state index contributed by atoms with van der Waals surface area (Å²) in [4.78, 5) is 33.1. The van der Waals surface area contributed by atoms with Crippen molar-refractivity contribution in [2.24, 2.45) is 5.41 Å². The summed E-state index contributed by atoms with van der Waals surface area (Å²) < 4.78 is 0. The fourth-order valence-electron chi connectivity index (χ4n) is 2.10. The molecule has 138 valence electrons. The van der Waals surface area contributed by atoms with E-state index >= 15 is 0 Å². The Hall–Kier alpha value is -2.41. The summed E-state index contributed by atoms with van der Waals surface area (Å²) in [6.45, 7) is 9.18. The summed E-state index contributed by atoms with van der Waals surface area (Å²) in [5.74, 6) is 0.278. The van der Waals surface area contributed by atoms with Gasteiger partial charge in [0.1, 0.15) is 5.82 Å². The number of nitrogens with one attached hydrogen (secondary N) is 1. The Kier molecular flexibility index (Phi) is 6.02. The summed E-state index contributed by atoms with van der Waals surface area (Å²) in [5.41, 5.74) is 7.24. The second-order valence-electron chi connectivity index (χ2n) is 7.12. The lowest BCUT2D eigenvalue weighted by Crippen LogP contribution is -2.27. The van der Waals surface area contributed by atoms with Gasteiger partial charge in [-0.1, -0.05) is 32.5 Å². The number of carbonyl (C=O) groups is 2. The van der Waals surface area contributed by atoms with Crippen LogP contribution in [0.4, 0.5) is 11.5 Å². The first-order valence-electron chi connectivity index (χ1n) is 8.30. The van der Waals surface area contributed by atoms with Crippen molar-refractivity contribution in [1.82, 2.24) is 9.97 Å². The van der Waals surface area contributed by atoms with E-state index in [9.17, 15) is 9.59 Å². The average Bonchev–Trinajstić information content (AvgIpc) is 2.53. The van der Waals surface area contributed by atoms with Crippen molar-refractivity contribution in [2.45, 2.75) is 45.0 Å². The van der Waals surface area contributed by atoms with Crippen molar-refractivity contribution in [1.29, 1.82) is 0 Å². The minimum Gasteiger partial charge on any atom is -0.384 e. The normalized spacial score (nSPS) is 12.5. The van der Waals surface area contributed by atoms with E-state index in [1.54, 1.807) is 30.3 Å². The van der Waals surface area contributed by atoms with Crippen LogP contribution in [0.2, 0.25) is 0 Å². The first-order chi connectivity index (χ1) is 12.1. The zero-order valence-corrected chi connectivity index (χ0v) is 16.5. The summed E-state index contributed by atoms with van der Waals surface area (Å²) in [6.07, 6.45) is 0. The molecule has 26 heavy (non-hydrogen) atoms. The molecule has 0 spiro atoms. The predicted molar refractivity (Wildman–Crippen MR) is 105 cm³/mol. The molecular formula is C19H24N4O2S. The van der Waals surface area contributed by atoms with Gasteiger partial charge in [-0.25, -0.2) is 9.97 Å². The molecule has 0 saturated heterocycles. The maximum atomic E-state index is 12.6. The molecule has 0 bridgehead atoms. The highest BCUT2D eigenvalue weighted by atomic mass is 32.2. The number of rotatable bonds is 5. The first-order valence-corrected chi connectivity index (χ1v) is 9.18. The highest BCUT2D eigenvalue weighted by Crippen LogP contribution is 2.24. The number of ketones is 1. The molecule has 0 aliphatic heterocycles. The SMILES string of the molecule is Cc1cc(N)nc(S[C@@H](C)C(=O)c2ccc(NC(=O)C(C)(C)C)cc2)n1.